The molecule has 0 aliphatic rings. The van der Waals surface area contributed by atoms with Crippen LogP contribution in [0.25, 0.3) is 11.1 Å². The van der Waals surface area contributed by atoms with Crippen molar-refractivity contribution in [2.75, 3.05) is 5.32 Å². The van der Waals surface area contributed by atoms with Crippen molar-refractivity contribution in [2.45, 2.75) is 6.42 Å². The summed E-state index contributed by atoms with van der Waals surface area (Å²) in [6, 6.07) is 20.2. The van der Waals surface area contributed by atoms with Crippen LogP contribution in [0.1, 0.15) is 21.8 Å². The smallest absolute Gasteiger partial charge is 0.257 e. The van der Waals surface area contributed by atoms with Crippen molar-refractivity contribution in [3.8, 4) is 0 Å². The van der Waals surface area contributed by atoms with Gasteiger partial charge in [0.05, 0.1) is 15.6 Å². The van der Waals surface area contributed by atoms with E-state index in [0.29, 0.717) is 39.7 Å². The second-order valence-electron chi connectivity index (χ2n) is 6.01. The quantitative estimate of drug-likeness (QED) is 0.461. The average Bonchev–Trinajstić information content (AvgIpc) is 3.06. The predicted molar refractivity (Wildman–Crippen MR) is 108 cm³/mol. The van der Waals surface area contributed by atoms with Crippen LogP contribution >= 0.6 is 23.2 Å². The van der Waals surface area contributed by atoms with Crippen molar-refractivity contribution in [3.63, 3.8) is 0 Å². The van der Waals surface area contributed by atoms with Crippen LogP contribution < -0.4 is 5.32 Å². The van der Waals surface area contributed by atoms with Gasteiger partial charge in [0.1, 0.15) is 5.52 Å². The third kappa shape index (κ3) is 3.82. The van der Waals surface area contributed by atoms with Crippen molar-refractivity contribution in [2.24, 2.45) is 0 Å². The first-order valence-electron chi connectivity index (χ1n) is 8.29. The minimum atomic E-state index is -0.338. The lowest BCUT2D eigenvalue weighted by Gasteiger charge is -2.07. The number of nitrogens with one attached hydrogen (secondary N) is 1. The summed E-state index contributed by atoms with van der Waals surface area (Å²) in [5, 5.41) is 3.37. The van der Waals surface area contributed by atoms with E-state index in [4.69, 9.17) is 27.6 Å². The number of rotatable bonds is 4. The van der Waals surface area contributed by atoms with Crippen LogP contribution in [0.3, 0.4) is 0 Å². The maximum absolute atomic E-state index is 12.5. The summed E-state index contributed by atoms with van der Waals surface area (Å²) in [6.45, 7) is 0. The van der Waals surface area contributed by atoms with Gasteiger partial charge in [-0.1, -0.05) is 59.6 Å². The number of halogens is 2. The van der Waals surface area contributed by atoms with E-state index >= 15 is 0 Å². The molecule has 0 unspecified atom stereocenters. The number of oxazole rings is 1. The number of carbonyl (C=O) groups is 1. The summed E-state index contributed by atoms with van der Waals surface area (Å²) in [7, 11) is 0. The average molecular weight is 397 g/mol. The van der Waals surface area contributed by atoms with Crippen LogP contribution in [0.2, 0.25) is 10.0 Å². The lowest BCUT2D eigenvalue weighted by atomic mass is 10.1. The molecule has 4 aromatic rings. The Balaban J connectivity index is 1.56. The van der Waals surface area contributed by atoms with Crippen LogP contribution in [0, 0.1) is 0 Å². The molecular formula is C21H14Cl2N2O2. The van der Waals surface area contributed by atoms with Crippen molar-refractivity contribution in [1.82, 2.24) is 4.98 Å². The molecule has 1 aromatic heterocycles. The molecule has 0 bridgehead atoms. The van der Waals surface area contributed by atoms with E-state index in [1.807, 2.05) is 30.3 Å². The maximum Gasteiger partial charge on any atom is 0.257 e. The summed E-state index contributed by atoms with van der Waals surface area (Å²) >= 11 is 12.1. The van der Waals surface area contributed by atoms with E-state index in [1.165, 1.54) is 0 Å². The molecule has 6 heteroatoms. The zero-order valence-corrected chi connectivity index (χ0v) is 15.6. The highest BCUT2D eigenvalue weighted by Gasteiger charge is 2.14. The Morgan fingerprint density at radius 2 is 1.81 bits per heavy atom. The fourth-order valence-corrected chi connectivity index (χ4v) is 3.16. The minimum absolute atomic E-state index is 0.226. The standard InChI is InChI=1S/C21H14Cl2N2O2/c22-16-8-4-7-15(20(16)23)21(26)24-14-9-10-18-17(12-14)25-19(27-18)11-13-5-2-1-3-6-13/h1-10,12H,11H2,(H,24,26). The summed E-state index contributed by atoms with van der Waals surface area (Å²) in [6.07, 6.45) is 0.606. The molecule has 0 saturated carbocycles. The largest absolute Gasteiger partial charge is 0.440 e. The molecule has 0 radical (unpaired) electrons. The molecule has 1 amide bonds. The number of benzene rings is 3. The Morgan fingerprint density at radius 3 is 2.63 bits per heavy atom. The van der Waals surface area contributed by atoms with E-state index in [2.05, 4.69) is 10.3 Å². The molecule has 0 aliphatic carbocycles. The normalized spacial score (nSPS) is 10.9. The number of anilines is 1. The Bertz CT molecular complexity index is 1120. The molecule has 3 aromatic carbocycles. The van der Waals surface area contributed by atoms with Crippen LogP contribution in [-0.4, -0.2) is 10.9 Å². The van der Waals surface area contributed by atoms with Gasteiger partial charge in [0.15, 0.2) is 11.5 Å². The van der Waals surface area contributed by atoms with Gasteiger partial charge in [-0.05, 0) is 35.9 Å². The molecule has 4 rings (SSSR count). The van der Waals surface area contributed by atoms with Crippen molar-refractivity contribution >= 4 is 45.9 Å². The lowest BCUT2D eigenvalue weighted by molar-refractivity contribution is 0.102. The SMILES string of the molecule is O=C(Nc1ccc2oc(Cc3ccccc3)nc2c1)c1cccc(Cl)c1Cl. The van der Waals surface area contributed by atoms with Crippen molar-refractivity contribution in [1.29, 1.82) is 0 Å². The van der Waals surface area contributed by atoms with E-state index in [9.17, 15) is 4.79 Å². The Kier molecular flexibility index (Phi) is 4.84. The predicted octanol–water partition coefficient (Wildman–Crippen LogP) is 5.98. The first kappa shape index (κ1) is 17.6. The zero-order valence-electron chi connectivity index (χ0n) is 14.1. The van der Waals surface area contributed by atoms with E-state index in [0.717, 1.165) is 5.56 Å². The summed E-state index contributed by atoms with van der Waals surface area (Å²) in [5.41, 5.74) is 3.38. The molecule has 0 spiro atoms. The lowest BCUT2D eigenvalue weighted by Crippen LogP contribution is -2.12. The van der Waals surface area contributed by atoms with Gasteiger partial charge in [-0.25, -0.2) is 4.98 Å². The highest BCUT2D eigenvalue weighted by molar-refractivity contribution is 6.44. The van der Waals surface area contributed by atoms with Gasteiger partial charge < -0.3 is 9.73 Å². The van der Waals surface area contributed by atoms with Crippen LogP contribution in [0.5, 0.6) is 0 Å². The van der Waals surface area contributed by atoms with Crippen molar-refractivity contribution < 1.29 is 9.21 Å². The molecule has 0 atom stereocenters. The fraction of sp³-hybridized carbons (Fsp3) is 0.0476. The molecule has 27 heavy (non-hydrogen) atoms. The molecule has 4 nitrogen and oxygen atoms in total. The fourth-order valence-electron chi connectivity index (χ4n) is 2.78. The van der Waals surface area contributed by atoms with Gasteiger partial charge in [0.2, 0.25) is 0 Å². The number of carbonyl (C=O) groups excluding carboxylic acids is 1. The first-order chi connectivity index (χ1) is 13.1. The van der Waals surface area contributed by atoms with E-state index in [-0.39, 0.29) is 10.9 Å². The Hall–Kier alpha value is -2.82. The van der Waals surface area contributed by atoms with Gasteiger partial charge >= 0.3 is 0 Å². The molecule has 0 saturated heterocycles. The topological polar surface area (TPSA) is 55.1 Å². The summed E-state index contributed by atoms with van der Waals surface area (Å²) in [4.78, 5) is 17.0. The summed E-state index contributed by atoms with van der Waals surface area (Å²) < 4.78 is 5.79. The van der Waals surface area contributed by atoms with Gasteiger partial charge in [0.25, 0.3) is 5.91 Å². The van der Waals surface area contributed by atoms with Crippen LogP contribution in [-0.2, 0) is 6.42 Å². The molecule has 0 fully saturated rings. The molecule has 1 heterocycles. The third-order valence-corrected chi connectivity index (χ3v) is 4.90. The number of hydrogen-bond acceptors (Lipinski definition) is 3. The first-order valence-corrected chi connectivity index (χ1v) is 9.04. The molecule has 1 N–H and O–H groups in total. The second kappa shape index (κ2) is 7.43. The third-order valence-electron chi connectivity index (χ3n) is 4.08. The summed E-state index contributed by atoms with van der Waals surface area (Å²) in [5.74, 6) is 0.285. The highest BCUT2D eigenvalue weighted by Crippen LogP contribution is 2.27. The number of nitrogens with zero attached hydrogens (tertiary/aromatic N) is 1. The van der Waals surface area contributed by atoms with Gasteiger partial charge in [-0.15, -0.1) is 0 Å². The number of amides is 1. The van der Waals surface area contributed by atoms with Gasteiger partial charge in [-0.2, -0.15) is 0 Å². The van der Waals surface area contributed by atoms with Crippen LogP contribution in [0.15, 0.2) is 71.1 Å². The second-order valence-corrected chi connectivity index (χ2v) is 6.79. The Morgan fingerprint density at radius 1 is 1.00 bits per heavy atom. The zero-order chi connectivity index (χ0) is 18.8. The van der Waals surface area contributed by atoms with Gasteiger partial charge in [-0.3, -0.25) is 4.79 Å². The molecule has 0 aliphatic heterocycles. The molecular weight excluding hydrogens is 383 g/mol. The monoisotopic (exact) mass is 396 g/mol. The minimum Gasteiger partial charge on any atom is -0.440 e. The van der Waals surface area contributed by atoms with Crippen LogP contribution in [0.4, 0.5) is 5.69 Å². The Labute approximate surface area is 165 Å². The van der Waals surface area contributed by atoms with E-state index < -0.39 is 0 Å². The highest BCUT2D eigenvalue weighted by atomic mass is 35.5. The number of aromatic nitrogens is 1. The maximum atomic E-state index is 12.5. The number of hydrogen-bond donors (Lipinski definition) is 1. The van der Waals surface area contributed by atoms with E-state index in [1.54, 1.807) is 36.4 Å². The van der Waals surface area contributed by atoms with Crippen molar-refractivity contribution in [3.05, 3.63) is 93.8 Å². The van der Waals surface area contributed by atoms with Gasteiger partial charge in [0, 0.05) is 12.1 Å². The number of fused-ring (bicyclic) bond motifs is 1. The molecule has 134 valence electrons.